The van der Waals surface area contributed by atoms with Crippen molar-refractivity contribution in [3.05, 3.63) is 58.1 Å². The van der Waals surface area contributed by atoms with Gasteiger partial charge in [-0.3, -0.25) is 4.79 Å². The van der Waals surface area contributed by atoms with Gasteiger partial charge in [0.15, 0.2) is 11.5 Å². The lowest BCUT2D eigenvalue weighted by atomic mass is 10.0. The van der Waals surface area contributed by atoms with Crippen LogP contribution in [0.2, 0.25) is 0 Å². The molecule has 1 aliphatic carbocycles. The van der Waals surface area contributed by atoms with Crippen LogP contribution in [0.15, 0.2) is 46.9 Å². The van der Waals surface area contributed by atoms with Crippen molar-refractivity contribution in [2.45, 2.75) is 24.8 Å². The van der Waals surface area contributed by atoms with Crippen LogP contribution in [0, 0.1) is 0 Å². The summed E-state index contributed by atoms with van der Waals surface area (Å²) >= 11 is 3.50. The highest BCUT2D eigenvalue weighted by Gasteiger charge is 2.46. The van der Waals surface area contributed by atoms with Crippen LogP contribution in [0.3, 0.4) is 0 Å². The standard InChI is InChI=1S/C19H18BrNO3/c20-15-4-2-1-3-13(15)11-18(22)21-19(7-8-19)14-5-6-16-17(12-14)24-10-9-23-16/h1-6,12H,7-11H2,(H,21,22). The third-order valence-electron chi connectivity index (χ3n) is 4.53. The first-order valence-corrected chi connectivity index (χ1v) is 8.90. The third-order valence-corrected chi connectivity index (χ3v) is 5.31. The molecule has 0 radical (unpaired) electrons. The van der Waals surface area contributed by atoms with Crippen LogP contribution in [-0.4, -0.2) is 19.1 Å². The number of carbonyl (C=O) groups excluding carboxylic acids is 1. The minimum absolute atomic E-state index is 0.0364. The van der Waals surface area contributed by atoms with Gasteiger partial charge in [0.25, 0.3) is 0 Å². The first-order valence-electron chi connectivity index (χ1n) is 8.11. The van der Waals surface area contributed by atoms with Gasteiger partial charge in [-0.25, -0.2) is 0 Å². The van der Waals surface area contributed by atoms with Crippen LogP contribution < -0.4 is 14.8 Å². The van der Waals surface area contributed by atoms with Gasteiger partial charge in [-0.2, -0.15) is 0 Å². The van der Waals surface area contributed by atoms with Crippen LogP contribution in [0.5, 0.6) is 11.5 Å². The summed E-state index contributed by atoms with van der Waals surface area (Å²) in [4.78, 5) is 12.5. The molecule has 4 rings (SSSR count). The van der Waals surface area contributed by atoms with Crippen molar-refractivity contribution in [2.75, 3.05) is 13.2 Å². The Labute approximate surface area is 149 Å². The van der Waals surface area contributed by atoms with Gasteiger partial charge in [-0.15, -0.1) is 0 Å². The van der Waals surface area contributed by atoms with E-state index >= 15 is 0 Å². The van der Waals surface area contributed by atoms with Crippen LogP contribution in [0.25, 0.3) is 0 Å². The Hall–Kier alpha value is -2.01. The molecule has 5 heteroatoms. The van der Waals surface area contributed by atoms with E-state index in [9.17, 15) is 4.79 Å². The van der Waals surface area contributed by atoms with E-state index in [1.54, 1.807) is 0 Å². The first-order chi connectivity index (χ1) is 11.7. The Morgan fingerprint density at radius 3 is 2.58 bits per heavy atom. The number of amides is 1. The molecule has 1 aliphatic heterocycles. The van der Waals surface area contributed by atoms with Crippen molar-refractivity contribution in [3.63, 3.8) is 0 Å². The van der Waals surface area contributed by atoms with Gasteiger partial charge in [0, 0.05) is 4.47 Å². The summed E-state index contributed by atoms with van der Waals surface area (Å²) in [5.41, 5.74) is 1.83. The third kappa shape index (κ3) is 3.00. The van der Waals surface area contributed by atoms with Crippen molar-refractivity contribution in [1.82, 2.24) is 5.32 Å². The molecule has 2 aliphatic rings. The van der Waals surface area contributed by atoms with Crippen molar-refractivity contribution < 1.29 is 14.3 Å². The summed E-state index contributed by atoms with van der Waals surface area (Å²) in [7, 11) is 0. The predicted molar refractivity (Wildman–Crippen MR) is 94.3 cm³/mol. The van der Waals surface area contributed by atoms with E-state index in [0.717, 1.165) is 39.9 Å². The smallest absolute Gasteiger partial charge is 0.225 e. The lowest BCUT2D eigenvalue weighted by molar-refractivity contribution is -0.121. The van der Waals surface area contributed by atoms with E-state index in [-0.39, 0.29) is 11.4 Å². The van der Waals surface area contributed by atoms with Gasteiger partial charge in [0.05, 0.1) is 12.0 Å². The second-order valence-corrected chi connectivity index (χ2v) is 7.11. The van der Waals surface area contributed by atoms with Crippen LogP contribution in [-0.2, 0) is 16.8 Å². The monoisotopic (exact) mass is 387 g/mol. The average molecular weight is 388 g/mol. The zero-order chi connectivity index (χ0) is 16.6. The molecule has 4 nitrogen and oxygen atoms in total. The highest BCUT2D eigenvalue weighted by atomic mass is 79.9. The zero-order valence-electron chi connectivity index (χ0n) is 13.2. The number of benzene rings is 2. The van der Waals surface area contributed by atoms with Gasteiger partial charge in [-0.05, 0) is 42.2 Å². The van der Waals surface area contributed by atoms with E-state index in [1.807, 2.05) is 42.5 Å². The molecule has 0 bridgehead atoms. The number of ether oxygens (including phenoxy) is 2. The second-order valence-electron chi connectivity index (χ2n) is 6.26. The molecule has 1 amide bonds. The molecule has 1 saturated carbocycles. The predicted octanol–water partition coefficient (Wildman–Crippen LogP) is 3.57. The van der Waals surface area contributed by atoms with Gasteiger partial charge >= 0.3 is 0 Å². The first kappa shape index (κ1) is 15.5. The van der Waals surface area contributed by atoms with E-state index in [4.69, 9.17) is 9.47 Å². The van der Waals surface area contributed by atoms with E-state index in [0.29, 0.717) is 19.6 Å². The molecule has 124 valence electrons. The van der Waals surface area contributed by atoms with E-state index < -0.39 is 0 Å². The number of hydrogen-bond acceptors (Lipinski definition) is 3. The molecular weight excluding hydrogens is 370 g/mol. The molecule has 1 fully saturated rings. The SMILES string of the molecule is O=C(Cc1ccccc1Br)NC1(c2ccc3c(c2)OCCO3)CC1. The summed E-state index contributed by atoms with van der Waals surface area (Å²) in [6.07, 6.45) is 2.27. The fourth-order valence-electron chi connectivity index (χ4n) is 3.08. The van der Waals surface area contributed by atoms with Gasteiger partial charge in [0.1, 0.15) is 13.2 Å². The Morgan fingerprint density at radius 1 is 1.08 bits per heavy atom. The Balaban J connectivity index is 1.50. The maximum absolute atomic E-state index is 12.5. The van der Waals surface area contributed by atoms with Gasteiger partial charge in [-0.1, -0.05) is 40.2 Å². The highest BCUT2D eigenvalue weighted by Crippen LogP contribution is 2.47. The van der Waals surface area contributed by atoms with Crippen molar-refractivity contribution in [3.8, 4) is 11.5 Å². The van der Waals surface area contributed by atoms with Crippen LogP contribution in [0.4, 0.5) is 0 Å². The summed E-state index contributed by atoms with van der Waals surface area (Å²) < 4.78 is 12.2. The largest absolute Gasteiger partial charge is 0.486 e. The normalized spacial score (nSPS) is 17.2. The minimum Gasteiger partial charge on any atom is -0.486 e. The summed E-state index contributed by atoms with van der Waals surface area (Å²) in [5.74, 6) is 1.58. The van der Waals surface area contributed by atoms with Crippen molar-refractivity contribution in [2.24, 2.45) is 0 Å². The van der Waals surface area contributed by atoms with Crippen molar-refractivity contribution in [1.29, 1.82) is 0 Å². The van der Waals surface area contributed by atoms with Crippen LogP contribution in [0.1, 0.15) is 24.0 Å². The molecule has 0 spiro atoms. The Kier molecular flexibility index (Phi) is 3.96. The maximum Gasteiger partial charge on any atom is 0.225 e. The lowest BCUT2D eigenvalue weighted by Crippen LogP contribution is -2.36. The second kappa shape index (κ2) is 6.13. The Bertz CT molecular complexity index is 786. The van der Waals surface area contributed by atoms with Crippen LogP contribution >= 0.6 is 15.9 Å². The highest BCUT2D eigenvalue weighted by molar-refractivity contribution is 9.10. The Morgan fingerprint density at radius 2 is 1.83 bits per heavy atom. The molecule has 0 aromatic heterocycles. The lowest BCUT2D eigenvalue weighted by Gasteiger charge is -2.23. The summed E-state index contributed by atoms with van der Waals surface area (Å²) in [6.45, 7) is 1.15. The minimum atomic E-state index is -0.256. The molecular formula is C19H18BrNO3. The number of rotatable bonds is 4. The van der Waals surface area contributed by atoms with E-state index in [1.165, 1.54) is 0 Å². The zero-order valence-corrected chi connectivity index (χ0v) is 14.8. The number of fused-ring (bicyclic) bond motifs is 1. The molecule has 1 heterocycles. The summed E-state index contributed by atoms with van der Waals surface area (Å²) in [5, 5.41) is 3.21. The molecule has 0 atom stereocenters. The molecule has 0 unspecified atom stereocenters. The number of hydrogen-bond donors (Lipinski definition) is 1. The van der Waals surface area contributed by atoms with Gasteiger partial charge < -0.3 is 14.8 Å². The quantitative estimate of drug-likeness (QED) is 0.871. The van der Waals surface area contributed by atoms with Crippen molar-refractivity contribution >= 4 is 21.8 Å². The number of carbonyl (C=O) groups is 1. The van der Waals surface area contributed by atoms with E-state index in [2.05, 4.69) is 21.2 Å². The fraction of sp³-hybridized carbons (Fsp3) is 0.316. The molecule has 2 aromatic carbocycles. The number of halogens is 1. The van der Waals surface area contributed by atoms with Gasteiger partial charge in [0.2, 0.25) is 5.91 Å². The topological polar surface area (TPSA) is 47.6 Å². The fourth-order valence-corrected chi connectivity index (χ4v) is 3.50. The maximum atomic E-state index is 12.5. The molecule has 24 heavy (non-hydrogen) atoms. The molecule has 1 N–H and O–H groups in total. The number of nitrogens with one attached hydrogen (secondary N) is 1. The summed E-state index contributed by atoms with van der Waals surface area (Å²) in [6, 6.07) is 13.8. The molecule has 2 aromatic rings. The average Bonchev–Trinajstić information content (AvgIpc) is 3.37. The molecule has 0 saturated heterocycles.